The average molecular weight is 408 g/mol. The molecule has 0 fully saturated rings. The molecule has 1 nitrogen and oxygen atoms in total. The number of allylic oxidation sites excluding steroid dienone is 2. The van der Waals surface area contributed by atoms with Crippen molar-refractivity contribution in [3.63, 3.8) is 0 Å². The van der Waals surface area contributed by atoms with Crippen molar-refractivity contribution in [2.24, 2.45) is 0 Å². The zero-order valence-electron chi connectivity index (χ0n) is 21.0. The molecule has 0 aliphatic rings. The van der Waals surface area contributed by atoms with E-state index in [-0.39, 0.29) is 0 Å². The molecule has 0 aliphatic heterocycles. The second-order valence-electron chi connectivity index (χ2n) is 9.55. The van der Waals surface area contributed by atoms with Gasteiger partial charge in [0.15, 0.2) is 0 Å². The van der Waals surface area contributed by atoms with Crippen LogP contribution in [0.25, 0.3) is 0 Å². The van der Waals surface area contributed by atoms with Crippen LogP contribution in [0.3, 0.4) is 0 Å². The van der Waals surface area contributed by atoms with Gasteiger partial charge in [-0.05, 0) is 52.6 Å². The van der Waals surface area contributed by atoms with E-state index in [0.717, 1.165) is 6.04 Å². The number of unbranched alkanes of at least 4 members (excludes halogenated alkanes) is 16. The van der Waals surface area contributed by atoms with Crippen molar-refractivity contribution in [1.29, 1.82) is 0 Å². The summed E-state index contributed by atoms with van der Waals surface area (Å²) in [6.07, 6.45) is 34.4. The van der Waals surface area contributed by atoms with Crippen LogP contribution in [0.1, 0.15) is 149 Å². The van der Waals surface area contributed by atoms with Gasteiger partial charge < -0.3 is 4.90 Å². The molecule has 0 spiro atoms. The van der Waals surface area contributed by atoms with Crippen molar-refractivity contribution in [3.8, 4) is 0 Å². The molecule has 0 saturated carbocycles. The maximum atomic E-state index is 2.47. The third-order valence-electron chi connectivity index (χ3n) is 6.42. The van der Waals surface area contributed by atoms with E-state index in [9.17, 15) is 0 Å². The molecule has 1 unspecified atom stereocenters. The van der Waals surface area contributed by atoms with Crippen LogP contribution >= 0.6 is 0 Å². The first-order chi connectivity index (χ1) is 14.2. The normalized spacial score (nSPS) is 13.0. The van der Waals surface area contributed by atoms with E-state index in [0.29, 0.717) is 0 Å². The van der Waals surface area contributed by atoms with Crippen molar-refractivity contribution in [2.45, 2.75) is 155 Å². The number of nitrogens with zero attached hydrogens (tertiary/aromatic N) is 1. The Kier molecular flexibility index (Phi) is 23.7. The van der Waals surface area contributed by atoms with Crippen LogP contribution in [-0.2, 0) is 0 Å². The average Bonchev–Trinajstić information content (AvgIpc) is 2.71. The highest BCUT2D eigenvalue weighted by atomic mass is 15.1. The lowest BCUT2D eigenvalue weighted by atomic mass is 9.99. The summed E-state index contributed by atoms with van der Waals surface area (Å²) >= 11 is 0. The van der Waals surface area contributed by atoms with Gasteiger partial charge in [-0.25, -0.2) is 0 Å². The van der Waals surface area contributed by atoms with Gasteiger partial charge in [0.1, 0.15) is 0 Å². The molecule has 0 aromatic carbocycles. The summed E-state index contributed by atoms with van der Waals surface area (Å²) in [5.74, 6) is 0. The first-order valence-electron chi connectivity index (χ1n) is 13.5. The lowest BCUT2D eigenvalue weighted by molar-refractivity contribution is 0.251. The van der Waals surface area contributed by atoms with Gasteiger partial charge in [-0.15, -0.1) is 0 Å². The topological polar surface area (TPSA) is 3.24 Å². The Labute approximate surface area is 186 Å². The summed E-state index contributed by atoms with van der Waals surface area (Å²) in [6.45, 7) is 4.59. The lowest BCUT2D eigenvalue weighted by Gasteiger charge is -2.24. The molecule has 0 saturated heterocycles. The van der Waals surface area contributed by atoms with Crippen molar-refractivity contribution < 1.29 is 0 Å². The number of hydrogen-bond acceptors (Lipinski definition) is 1. The van der Waals surface area contributed by atoms with Crippen molar-refractivity contribution in [3.05, 3.63) is 12.2 Å². The van der Waals surface area contributed by atoms with Gasteiger partial charge >= 0.3 is 0 Å². The highest BCUT2D eigenvalue weighted by molar-refractivity contribution is 4.81. The molecule has 0 radical (unpaired) electrons. The van der Waals surface area contributed by atoms with Gasteiger partial charge in [0.25, 0.3) is 0 Å². The Bertz CT molecular complexity index is 320. The van der Waals surface area contributed by atoms with E-state index in [4.69, 9.17) is 0 Å². The summed E-state index contributed by atoms with van der Waals surface area (Å²) in [5.41, 5.74) is 0. The Hall–Kier alpha value is -0.300. The van der Waals surface area contributed by atoms with Gasteiger partial charge in [0, 0.05) is 6.04 Å². The minimum absolute atomic E-state index is 0.811. The van der Waals surface area contributed by atoms with Crippen LogP contribution in [0.5, 0.6) is 0 Å². The van der Waals surface area contributed by atoms with Crippen molar-refractivity contribution in [2.75, 3.05) is 14.1 Å². The second-order valence-corrected chi connectivity index (χ2v) is 9.55. The van der Waals surface area contributed by atoms with E-state index >= 15 is 0 Å². The number of rotatable bonds is 23. The molecular formula is C28H57N. The first-order valence-corrected chi connectivity index (χ1v) is 13.5. The van der Waals surface area contributed by atoms with E-state index in [1.807, 2.05) is 0 Å². The maximum Gasteiger partial charge on any atom is 0.00891 e. The Balaban J connectivity index is 3.44. The predicted molar refractivity (Wildman–Crippen MR) is 135 cm³/mol. The molecule has 0 N–H and O–H groups in total. The zero-order chi connectivity index (χ0) is 21.4. The number of hydrogen-bond donors (Lipinski definition) is 0. The minimum atomic E-state index is 0.811. The summed E-state index contributed by atoms with van der Waals surface area (Å²) in [5, 5.41) is 0. The van der Waals surface area contributed by atoms with E-state index in [1.165, 1.54) is 135 Å². The summed E-state index contributed by atoms with van der Waals surface area (Å²) in [7, 11) is 4.55. The van der Waals surface area contributed by atoms with E-state index < -0.39 is 0 Å². The third kappa shape index (κ3) is 22.2. The largest absolute Gasteiger partial charge is 0.306 e. The van der Waals surface area contributed by atoms with Crippen LogP contribution < -0.4 is 0 Å². The molecule has 0 rings (SSSR count). The highest BCUT2D eigenvalue weighted by Crippen LogP contribution is 2.17. The fourth-order valence-corrected chi connectivity index (χ4v) is 4.27. The Morgan fingerprint density at radius 3 is 1.21 bits per heavy atom. The molecular weight excluding hydrogens is 350 g/mol. The fourth-order valence-electron chi connectivity index (χ4n) is 4.27. The zero-order valence-corrected chi connectivity index (χ0v) is 21.0. The summed E-state index contributed by atoms with van der Waals surface area (Å²) in [4.78, 5) is 2.47. The molecule has 0 heterocycles. The molecule has 0 amide bonds. The fraction of sp³-hybridized carbons (Fsp3) is 0.929. The smallest absolute Gasteiger partial charge is 0.00891 e. The van der Waals surface area contributed by atoms with Crippen LogP contribution in [0.15, 0.2) is 12.2 Å². The Morgan fingerprint density at radius 1 is 0.483 bits per heavy atom. The van der Waals surface area contributed by atoms with Crippen LogP contribution in [-0.4, -0.2) is 25.0 Å². The SMILES string of the molecule is CCCCCCCC/C=C/CCCCCCCC(CCCCCCCC)N(C)C. The Morgan fingerprint density at radius 2 is 0.828 bits per heavy atom. The van der Waals surface area contributed by atoms with Crippen molar-refractivity contribution >= 4 is 0 Å². The summed E-state index contributed by atoms with van der Waals surface area (Å²) < 4.78 is 0. The van der Waals surface area contributed by atoms with Crippen LogP contribution in [0.4, 0.5) is 0 Å². The standard InChI is InChI=1S/C28H57N/c1-5-7-9-11-13-14-15-16-17-18-19-20-21-23-25-27-28(29(3)4)26-24-22-12-10-8-6-2/h16-17,28H,5-15,18-27H2,1-4H3/b17-16+. The second kappa shape index (κ2) is 24.0. The molecule has 174 valence electrons. The predicted octanol–water partition coefficient (Wildman–Crippen LogP) is 9.70. The first kappa shape index (κ1) is 28.7. The van der Waals surface area contributed by atoms with Crippen LogP contribution in [0.2, 0.25) is 0 Å². The molecule has 1 heteroatoms. The van der Waals surface area contributed by atoms with Gasteiger partial charge in [0.05, 0.1) is 0 Å². The van der Waals surface area contributed by atoms with Gasteiger partial charge in [-0.1, -0.05) is 122 Å². The quantitative estimate of drug-likeness (QED) is 0.120. The molecule has 29 heavy (non-hydrogen) atoms. The van der Waals surface area contributed by atoms with E-state index in [1.54, 1.807) is 0 Å². The lowest BCUT2D eigenvalue weighted by Crippen LogP contribution is -2.27. The molecule has 0 bridgehead atoms. The van der Waals surface area contributed by atoms with E-state index in [2.05, 4.69) is 45.0 Å². The van der Waals surface area contributed by atoms with Crippen LogP contribution in [0, 0.1) is 0 Å². The highest BCUT2D eigenvalue weighted by Gasteiger charge is 2.10. The molecule has 0 aromatic rings. The van der Waals surface area contributed by atoms with Gasteiger partial charge in [-0.3, -0.25) is 0 Å². The molecule has 0 aliphatic carbocycles. The monoisotopic (exact) mass is 407 g/mol. The van der Waals surface area contributed by atoms with Gasteiger partial charge in [0.2, 0.25) is 0 Å². The maximum absolute atomic E-state index is 2.47. The third-order valence-corrected chi connectivity index (χ3v) is 6.42. The minimum Gasteiger partial charge on any atom is -0.306 e. The molecule has 1 atom stereocenters. The van der Waals surface area contributed by atoms with Gasteiger partial charge in [-0.2, -0.15) is 0 Å². The van der Waals surface area contributed by atoms with Crippen molar-refractivity contribution in [1.82, 2.24) is 4.90 Å². The molecule has 0 aromatic heterocycles. The summed E-state index contributed by atoms with van der Waals surface area (Å²) in [6, 6.07) is 0.811.